The van der Waals surface area contributed by atoms with E-state index in [0.29, 0.717) is 30.7 Å². The molecule has 128 valence electrons. The van der Waals surface area contributed by atoms with Crippen molar-refractivity contribution in [3.8, 4) is 6.07 Å². The highest BCUT2D eigenvalue weighted by atomic mass is 16.5. The number of nitriles is 1. The summed E-state index contributed by atoms with van der Waals surface area (Å²) >= 11 is 0. The Bertz CT molecular complexity index is 651. The maximum Gasteiger partial charge on any atom is 0.309 e. The first kappa shape index (κ1) is 18.0. The van der Waals surface area contributed by atoms with Crippen molar-refractivity contribution in [1.29, 1.82) is 5.26 Å². The maximum absolute atomic E-state index is 12.3. The average Bonchev–Trinajstić information content (AvgIpc) is 2.88. The molecule has 2 atom stereocenters. The third-order valence-electron chi connectivity index (χ3n) is 4.10. The molecule has 0 spiro atoms. The number of rotatable bonds is 7. The second-order valence-electron chi connectivity index (χ2n) is 6.19. The van der Waals surface area contributed by atoms with E-state index in [2.05, 4.69) is 6.07 Å². The lowest BCUT2D eigenvalue weighted by atomic mass is 9.93. The highest BCUT2D eigenvalue weighted by molar-refractivity contribution is 5.87. The number of ether oxygens (including phenoxy) is 1. The fourth-order valence-corrected chi connectivity index (χ4v) is 3.03. The normalized spacial score (nSPS) is 20.4. The van der Waals surface area contributed by atoms with Crippen molar-refractivity contribution < 1.29 is 19.4 Å². The fourth-order valence-electron chi connectivity index (χ4n) is 3.03. The van der Waals surface area contributed by atoms with E-state index in [1.807, 2.05) is 13.8 Å². The molecule has 0 unspecified atom stereocenters. The number of nitrogens with zero attached hydrogens (tertiary/aromatic N) is 2. The van der Waals surface area contributed by atoms with Gasteiger partial charge in [0, 0.05) is 19.6 Å². The number of carboxylic acids is 1. The first-order valence-electron chi connectivity index (χ1n) is 8.08. The zero-order valence-electron chi connectivity index (χ0n) is 13.9. The summed E-state index contributed by atoms with van der Waals surface area (Å²) in [5.41, 5.74) is 1.15. The van der Waals surface area contributed by atoms with Crippen LogP contribution in [0.5, 0.6) is 0 Å². The van der Waals surface area contributed by atoms with Crippen LogP contribution in [0.3, 0.4) is 0 Å². The third-order valence-corrected chi connectivity index (χ3v) is 4.10. The topological polar surface area (TPSA) is 90.6 Å². The van der Waals surface area contributed by atoms with E-state index in [4.69, 9.17) is 10.00 Å². The summed E-state index contributed by atoms with van der Waals surface area (Å²) in [4.78, 5) is 25.5. The van der Waals surface area contributed by atoms with Crippen LogP contribution in [0.25, 0.3) is 0 Å². The number of carbonyl (C=O) groups excluding carboxylic acids is 1. The van der Waals surface area contributed by atoms with Gasteiger partial charge in [0.15, 0.2) is 0 Å². The van der Waals surface area contributed by atoms with E-state index in [9.17, 15) is 14.7 Å². The van der Waals surface area contributed by atoms with Gasteiger partial charge in [-0.2, -0.15) is 5.26 Å². The molecule has 0 aromatic heterocycles. The molecule has 0 saturated carbocycles. The van der Waals surface area contributed by atoms with Crippen LogP contribution < -0.4 is 0 Å². The largest absolute Gasteiger partial charge is 0.481 e. The van der Waals surface area contributed by atoms with Crippen LogP contribution in [0.2, 0.25) is 0 Å². The van der Waals surface area contributed by atoms with E-state index >= 15 is 0 Å². The average molecular weight is 330 g/mol. The van der Waals surface area contributed by atoms with Gasteiger partial charge in [0.2, 0.25) is 5.91 Å². The molecule has 0 aliphatic carbocycles. The van der Waals surface area contributed by atoms with Crippen LogP contribution in [-0.2, 0) is 14.3 Å². The van der Waals surface area contributed by atoms with Crippen LogP contribution in [0.1, 0.15) is 43.9 Å². The van der Waals surface area contributed by atoms with Crippen LogP contribution in [-0.4, -0.2) is 41.1 Å². The summed E-state index contributed by atoms with van der Waals surface area (Å²) < 4.78 is 5.49. The van der Waals surface area contributed by atoms with E-state index in [1.165, 1.54) is 0 Å². The predicted octanol–water partition coefficient (Wildman–Crippen LogP) is 2.35. The smallest absolute Gasteiger partial charge is 0.309 e. The van der Waals surface area contributed by atoms with Gasteiger partial charge in [-0.1, -0.05) is 12.1 Å². The third kappa shape index (κ3) is 4.12. The van der Waals surface area contributed by atoms with Gasteiger partial charge >= 0.3 is 5.97 Å². The Kier molecular flexibility index (Phi) is 5.93. The molecule has 1 saturated heterocycles. The van der Waals surface area contributed by atoms with Gasteiger partial charge in [0.05, 0.1) is 29.7 Å². The van der Waals surface area contributed by atoms with Gasteiger partial charge in [-0.25, -0.2) is 0 Å². The Morgan fingerprint density at radius 2 is 2.25 bits per heavy atom. The fraction of sp³-hybridized carbons (Fsp3) is 0.500. The van der Waals surface area contributed by atoms with E-state index in [-0.39, 0.29) is 18.4 Å². The zero-order chi connectivity index (χ0) is 17.7. The van der Waals surface area contributed by atoms with Crippen molar-refractivity contribution >= 4 is 11.9 Å². The van der Waals surface area contributed by atoms with Crippen molar-refractivity contribution in [3.63, 3.8) is 0 Å². The van der Waals surface area contributed by atoms with E-state index in [0.717, 1.165) is 0 Å². The molecule has 0 bridgehead atoms. The molecule has 6 nitrogen and oxygen atoms in total. The van der Waals surface area contributed by atoms with Gasteiger partial charge in [-0.05, 0) is 38.0 Å². The molecule has 1 N–H and O–H groups in total. The van der Waals surface area contributed by atoms with Crippen LogP contribution in [0, 0.1) is 17.2 Å². The lowest BCUT2D eigenvalue weighted by Gasteiger charge is -2.27. The molecule has 1 aromatic rings. The Morgan fingerprint density at radius 1 is 1.50 bits per heavy atom. The molecule has 1 aromatic carbocycles. The molecule has 0 radical (unpaired) electrons. The molecule has 1 aliphatic rings. The van der Waals surface area contributed by atoms with Crippen molar-refractivity contribution in [1.82, 2.24) is 4.90 Å². The molecule has 2 rings (SSSR count). The SMILES string of the molecule is CC(C)OCCCN1C(=O)C[C@@H](C(=O)O)[C@H]1c1cccc(C#N)c1. The first-order valence-corrected chi connectivity index (χ1v) is 8.08. The minimum Gasteiger partial charge on any atom is -0.481 e. The van der Waals surface area contributed by atoms with Crippen molar-refractivity contribution in [2.24, 2.45) is 5.92 Å². The van der Waals surface area contributed by atoms with Gasteiger partial charge < -0.3 is 14.7 Å². The van der Waals surface area contributed by atoms with Gasteiger partial charge in [-0.3, -0.25) is 9.59 Å². The minimum absolute atomic E-state index is 0.0121. The second-order valence-corrected chi connectivity index (χ2v) is 6.19. The Balaban J connectivity index is 2.21. The zero-order valence-corrected chi connectivity index (χ0v) is 13.9. The molecule has 1 heterocycles. The molecule has 1 fully saturated rings. The van der Waals surface area contributed by atoms with Gasteiger partial charge in [0.25, 0.3) is 0 Å². The number of hydrogen-bond acceptors (Lipinski definition) is 4. The predicted molar refractivity (Wildman–Crippen MR) is 87.1 cm³/mol. The monoisotopic (exact) mass is 330 g/mol. The lowest BCUT2D eigenvalue weighted by Crippen LogP contribution is -2.32. The van der Waals surface area contributed by atoms with Gasteiger partial charge in [-0.15, -0.1) is 0 Å². The van der Waals surface area contributed by atoms with Crippen molar-refractivity contribution in [3.05, 3.63) is 35.4 Å². The minimum atomic E-state index is -0.989. The maximum atomic E-state index is 12.3. The molecular formula is C18H22N2O4. The molecule has 1 aliphatic heterocycles. The highest BCUT2D eigenvalue weighted by Crippen LogP contribution is 2.38. The van der Waals surface area contributed by atoms with Crippen LogP contribution in [0.15, 0.2) is 24.3 Å². The summed E-state index contributed by atoms with van der Waals surface area (Å²) in [6.07, 6.45) is 0.751. The molecule has 1 amide bonds. The molecule has 24 heavy (non-hydrogen) atoms. The number of amides is 1. The standard InChI is InChI=1S/C18H22N2O4/c1-12(2)24-8-4-7-20-16(21)10-15(18(22)23)17(20)14-6-3-5-13(9-14)11-19/h3,5-6,9,12,15,17H,4,7-8,10H2,1-2H3,(H,22,23)/t15-,17-/m1/s1. The quantitative estimate of drug-likeness (QED) is 0.775. The highest BCUT2D eigenvalue weighted by Gasteiger charge is 2.44. The van der Waals surface area contributed by atoms with E-state index in [1.54, 1.807) is 29.2 Å². The van der Waals surface area contributed by atoms with Crippen molar-refractivity contribution in [2.75, 3.05) is 13.2 Å². The number of carboxylic acid groups (broad SMARTS) is 1. The summed E-state index contributed by atoms with van der Waals surface area (Å²) in [7, 11) is 0. The summed E-state index contributed by atoms with van der Waals surface area (Å²) in [6, 6.07) is 8.34. The number of hydrogen-bond donors (Lipinski definition) is 1. The van der Waals surface area contributed by atoms with Gasteiger partial charge in [0.1, 0.15) is 0 Å². The van der Waals surface area contributed by atoms with Crippen LogP contribution >= 0.6 is 0 Å². The molecule has 6 heteroatoms. The summed E-state index contributed by atoms with van der Waals surface area (Å²) in [5, 5.41) is 18.5. The van der Waals surface area contributed by atoms with Crippen LogP contribution in [0.4, 0.5) is 0 Å². The Hall–Kier alpha value is -2.39. The summed E-state index contributed by atoms with van der Waals surface area (Å²) in [6.45, 7) is 4.84. The molecular weight excluding hydrogens is 308 g/mol. The number of aliphatic carboxylic acids is 1. The second kappa shape index (κ2) is 7.93. The van der Waals surface area contributed by atoms with E-state index < -0.39 is 17.9 Å². The Labute approximate surface area is 141 Å². The lowest BCUT2D eigenvalue weighted by molar-refractivity contribution is -0.142. The number of benzene rings is 1. The Morgan fingerprint density at radius 3 is 2.88 bits per heavy atom. The summed E-state index contributed by atoms with van der Waals surface area (Å²) in [5.74, 6) is -1.95. The number of likely N-dealkylation sites (tertiary alicyclic amines) is 1. The number of carbonyl (C=O) groups is 2. The van der Waals surface area contributed by atoms with Crippen molar-refractivity contribution in [2.45, 2.75) is 38.8 Å². The first-order chi connectivity index (χ1) is 11.4.